The van der Waals surface area contributed by atoms with E-state index in [1.54, 1.807) is 0 Å². The molecule has 0 bridgehead atoms. The fourth-order valence-corrected chi connectivity index (χ4v) is 4.03. The maximum Gasteiger partial charge on any atom is 0.234 e. The van der Waals surface area contributed by atoms with Crippen molar-refractivity contribution in [2.24, 2.45) is 5.92 Å². The number of nitrogens with one attached hydrogen (secondary N) is 1. The normalized spacial score (nSPS) is 27.5. The zero-order valence-electron chi connectivity index (χ0n) is 14.2. The summed E-state index contributed by atoms with van der Waals surface area (Å²) in [5, 5.41) is 3.03. The van der Waals surface area contributed by atoms with Crippen molar-refractivity contribution in [3.63, 3.8) is 0 Å². The Hall–Kier alpha value is -0.740. The molecule has 2 rings (SSSR count). The van der Waals surface area contributed by atoms with Crippen LogP contribution in [0, 0.1) is 5.92 Å². The van der Waals surface area contributed by atoms with Gasteiger partial charge in [0.05, 0.1) is 26.0 Å². The van der Waals surface area contributed by atoms with E-state index in [4.69, 9.17) is 4.74 Å². The molecule has 2 fully saturated rings. The van der Waals surface area contributed by atoms with Crippen LogP contribution in [-0.4, -0.2) is 107 Å². The second-order valence-corrected chi connectivity index (χ2v) is 8.65. The standard InChI is InChI=1S/C14H28N4O4S/c1-16(2)8-12-9-18(23(3,20)21)10-13(12)15-14(19)11-17-4-6-22-7-5-17/h12-13H,4-11H2,1-3H3,(H,15,19)/t12-,13-/m1/s1. The summed E-state index contributed by atoms with van der Waals surface area (Å²) in [6, 6.07) is -0.138. The minimum atomic E-state index is -3.23. The highest BCUT2D eigenvalue weighted by Gasteiger charge is 2.38. The minimum absolute atomic E-state index is 0.0454. The van der Waals surface area contributed by atoms with Crippen molar-refractivity contribution in [2.45, 2.75) is 6.04 Å². The fourth-order valence-electron chi connectivity index (χ4n) is 3.13. The molecule has 8 nitrogen and oxygen atoms in total. The van der Waals surface area contributed by atoms with Crippen LogP contribution in [0.3, 0.4) is 0 Å². The highest BCUT2D eigenvalue weighted by atomic mass is 32.2. The van der Waals surface area contributed by atoms with Crippen LogP contribution in [0.1, 0.15) is 0 Å². The lowest BCUT2D eigenvalue weighted by Gasteiger charge is -2.27. The Morgan fingerprint density at radius 3 is 2.48 bits per heavy atom. The van der Waals surface area contributed by atoms with Crippen LogP contribution in [-0.2, 0) is 19.6 Å². The molecule has 0 aromatic carbocycles. The molecular weight excluding hydrogens is 320 g/mol. The van der Waals surface area contributed by atoms with E-state index in [0.717, 1.165) is 19.6 Å². The zero-order valence-corrected chi connectivity index (χ0v) is 15.0. The van der Waals surface area contributed by atoms with Crippen molar-refractivity contribution in [1.29, 1.82) is 0 Å². The monoisotopic (exact) mass is 348 g/mol. The van der Waals surface area contributed by atoms with Gasteiger partial charge in [0.25, 0.3) is 0 Å². The van der Waals surface area contributed by atoms with Crippen LogP contribution >= 0.6 is 0 Å². The quantitative estimate of drug-likeness (QED) is 0.613. The van der Waals surface area contributed by atoms with E-state index in [-0.39, 0.29) is 17.9 Å². The lowest BCUT2D eigenvalue weighted by molar-refractivity contribution is -0.124. The number of hydrogen-bond acceptors (Lipinski definition) is 6. The third kappa shape index (κ3) is 5.68. The molecule has 1 amide bonds. The smallest absolute Gasteiger partial charge is 0.234 e. The number of carbonyl (C=O) groups excluding carboxylic acids is 1. The highest BCUT2D eigenvalue weighted by molar-refractivity contribution is 7.88. The zero-order chi connectivity index (χ0) is 17.0. The average molecular weight is 348 g/mol. The first-order chi connectivity index (χ1) is 10.8. The van der Waals surface area contributed by atoms with Gasteiger partial charge in [-0.1, -0.05) is 0 Å². The van der Waals surface area contributed by atoms with Gasteiger partial charge in [-0.25, -0.2) is 8.42 Å². The molecule has 0 spiro atoms. The van der Waals surface area contributed by atoms with E-state index >= 15 is 0 Å². The molecule has 1 N–H and O–H groups in total. The van der Waals surface area contributed by atoms with Gasteiger partial charge in [-0.3, -0.25) is 9.69 Å². The number of nitrogens with zero attached hydrogens (tertiary/aromatic N) is 3. The lowest BCUT2D eigenvalue weighted by Crippen LogP contribution is -2.49. The second kappa shape index (κ2) is 7.89. The van der Waals surface area contributed by atoms with E-state index in [1.807, 2.05) is 19.0 Å². The number of morpholine rings is 1. The van der Waals surface area contributed by atoms with Crippen LogP contribution in [0.5, 0.6) is 0 Å². The second-order valence-electron chi connectivity index (χ2n) is 6.66. The molecule has 2 heterocycles. The maximum atomic E-state index is 12.3. The Balaban J connectivity index is 1.92. The van der Waals surface area contributed by atoms with Crippen LogP contribution in [0.2, 0.25) is 0 Å². The van der Waals surface area contributed by atoms with E-state index in [2.05, 4.69) is 10.2 Å². The molecule has 0 aromatic rings. The Morgan fingerprint density at radius 1 is 1.26 bits per heavy atom. The van der Waals surface area contributed by atoms with Gasteiger partial charge in [0.1, 0.15) is 0 Å². The Labute approximate surface area is 138 Å². The Morgan fingerprint density at radius 2 is 1.91 bits per heavy atom. The van der Waals surface area contributed by atoms with E-state index in [1.165, 1.54) is 10.6 Å². The SMILES string of the molecule is CN(C)C[C@@H]1CN(S(C)(=O)=O)C[C@H]1NC(=O)CN1CCOCC1. The van der Waals surface area contributed by atoms with Gasteiger partial charge >= 0.3 is 0 Å². The van der Waals surface area contributed by atoms with Gasteiger partial charge in [-0.05, 0) is 14.1 Å². The van der Waals surface area contributed by atoms with Crippen LogP contribution in [0.4, 0.5) is 0 Å². The third-order valence-electron chi connectivity index (χ3n) is 4.29. The highest BCUT2D eigenvalue weighted by Crippen LogP contribution is 2.20. The van der Waals surface area contributed by atoms with Gasteiger partial charge < -0.3 is 15.0 Å². The molecule has 23 heavy (non-hydrogen) atoms. The molecule has 2 aliphatic rings. The number of amides is 1. The van der Waals surface area contributed by atoms with Gasteiger partial charge in [0, 0.05) is 44.7 Å². The first kappa shape index (κ1) is 18.6. The summed E-state index contributed by atoms with van der Waals surface area (Å²) >= 11 is 0. The lowest BCUT2D eigenvalue weighted by atomic mass is 10.0. The molecule has 0 radical (unpaired) electrons. The molecule has 0 aromatic heterocycles. The third-order valence-corrected chi connectivity index (χ3v) is 5.53. The summed E-state index contributed by atoms with van der Waals surface area (Å²) in [6.07, 6.45) is 1.22. The van der Waals surface area contributed by atoms with E-state index in [0.29, 0.717) is 32.8 Å². The molecule has 2 aliphatic heterocycles. The summed E-state index contributed by atoms with van der Waals surface area (Å²) in [5.74, 6) is 0.0596. The molecule has 2 saturated heterocycles. The Bertz CT molecular complexity index is 505. The van der Waals surface area contributed by atoms with Crippen molar-refractivity contribution in [3.8, 4) is 0 Å². The molecule has 134 valence electrons. The molecule has 0 aliphatic carbocycles. The predicted octanol–water partition coefficient (Wildman–Crippen LogP) is -1.74. The molecular formula is C14H28N4O4S. The van der Waals surface area contributed by atoms with Crippen LogP contribution in [0.25, 0.3) is 0 Å². The number of ether oxygens (including phenoxy) is 1. The minimum Gasteiger partial charge on any atom is -0.379 e. The number of carbonyl (C=O) groups is 1. The topological polar surface area (TPSA) is 82.2 Å². The summed E-state index contributed by atoms with van der Waals surface area (Å²) in [4.78, 5) is 16.4. The van der Waals surface area contributed by atoms with Crippen LogP contribution in [0.15, 0.2) is 0 Å². The summed E-state index contributed by atoms with van der Waals surface area (Å²) in [6.45, 7) is 4.72. The maximum absolute atomic E-state index is 12.3. The number of sulfonamides is 1. The number of rotatable bonds is 6. The van der Waals surface area contributed by atoms with E-state index in [9.17, 15) is 13.2 Å². The first-order valence-corrected chi connectivity index (χ1v) is 9.80. The van der Waals surface area contributed by atoms with Crippen molar-refractivity contribution >= 4 is 15.9 Å². The first-order valence-electron chi connectivity index (χ1n) is 7.95. The molecule has 0 saturated carbocycles. The van der Waals surface area contributed by atoms with Crippen molar-refractivity contribution in [3.05, 3.63) is 0 Å². The van der Waals surface area contributed by atoms with Crippen molar-refractivity contribution < 1.29 is 17.9 Å². The predicted molar refractivity (Wildman–Crippen MR) is 87.7 cm³/mol. The van der Waals surface area contributed by atoms with Crippen molar-refractivity contribution in [2.75, 3.05) is 72.8 Å². The number of hydrogen-bond donors (Lipinski definition) is 1. The fraction of sp³-hybridized carbons (Fsp3) is 0.929. The molecule has 2 atom stereocenters. The Kier molecular flexibility index (Phi) is 6.38. The van der Waals surface area contributed by atoms with Gasteiger partial charge in [0.2, 0.25) is 15.9 Å². The average Bonchev–Trinajstić information content (AvgIpc) is 2.82. The van der Waals surface area contributed by atoms with Crippen molar-refractivity contribution in [1.82, 2.24) is 19.4 Å². The van der Waals surface area contributed by atoms with Crippen LogP contribution < -0.4 is 5.32 Å². The molecule has 9 heteroatoms. The van der Waals surface area contributed by atoms with Gasteiger partial charge in [-0.15, -0.1) is 0 Å². The molecule has 0 unspecified atom stereocenters. The summed E-state index contributed by atoms with van der Waals surface area (Å²) in [7, 11) is 0.678. The summed E-state index contributed by atoms with van der Waals surface area (Å²) in [5.41, 5.74) is 0. The van der Waals surface area contributed by atoms with Gasteiger partial charge in [0.15, 0.2) is 0 Å². The van der Waals surface area contributed by atoms with Gasteiger partial charge in [-0.2, -0.15) is 4.31 Å². The van der Waals surface area contributed by atoms with E-state index < -0.39 is 10.0 Å². The summed E-state index contributed by atoms with van der Waals surface area (Å²) < 4.78 is 30.3. The largest absolute Gasteiger partial charge is 0.379 e.